The zero-order chi connectivity index (χ0) is 23.8. The maximum absolute atomic E-state index is 11.8. The molecule has 0 fully saturated rings. The van der Waals surface area contributed by atoms with Gasteiger partial charge in [-0.25, -0.2) is 13.1 Å². The van der Waals surface area contributed by atoms with Crippen LogP contribution in [-0.4, -0.2) is 47.3 Å². The van der Waals surface area contributed by atoms with Gasteiger partial charge in [-0.05, 0) is 30.2 Å². The van der Waals surface area contributed by atoms with Crippen LogP contribution in [0.25, 0.3) is 0 Å². The standard InChI is InChI=1S/C24H33NO6S/c1-6-7-14-30-20-10-8-18(9-11-20)24(2,3)22-13-12-21(15-23(22)29-4)31-17-19(26)16-25-32(5,27)28/h8-13,15,25H,6-7,14,16-17H2,1-5H3. The summed E-state index contributed by atoms with van der Waals surface area (Å²) >= 11 is 0. The average molecular weight is 464 g/mol. The van der Waals surface area contributed by atoms with E-state index in [1.165, 1.54) is 0 Å². The third-order valence-corrected chi connectivity index (χ3v) is 5.79. The Morgan fingerprint density at radius 3 is 2.28 bits per heavy atom. The van der Waals surface area contributed by atoms with E-state index in [1.54, 1.807) is 19.2 Å². The lowest BCUT2D eigenvalue weighted by Crippen LogP contribution is -2.31. The summed E-state index contributed by atoms with van der Waals surface area (Å²) in [6.07, 6.45) is 3.12. The van der Waals surface area contributed by atoms with Gasteiger partial charge in [-0.15, -0.1) is 0 Å². The Morgan fingerprint density at radius 1 is 1.03 bits per heavy atom. The second-order valence-corrected chi connectivity index (χ2v) is 9.97. The highest BCUT2D eigenvalue weighted by Gasteiger charge is 2.27. The van der Waals surface area contributed by atoms with Gasteiger partial charge in [0.25, 0.3) is 0 Å². The molecule has 0 amide bonds. The van der Waals surface area contributed by atoms with Gasteiger partial charge in [-0.1, -0.05) is 45.4 Å². The Bertz CT molecular complexity index is 1000. The van der Waals surface area contributed by atoms with Crippen LogP contribution in [0.1, 0.15) is 44.7 Å². The second kappa shape index (κ2) is 11.3. The molecule has 0 heterocycles. The molecule has 0 unspecified atom stereocenters. The van der Waals surface area contributed by atoms with Crippen molar-refractivity contribution < 1.29 is 27.4 Å². The minimum absolute atomic E-state index is 0.242. The number of rotatable bonds is 13. The van der Waals surface area contributed by atoms with Crippen molar-refractivity contribution in [3.05, 3.63) is 53.6 Å². The van der Waals surface area contributed by atoms with E-state index in [9.17, 15) is 13.2 Å². The topological polar surface area (TPSA) is 90.9 Å². The lowest BCUT2D eigenvalue weighted by atomic mass is 9.77. The van der Waals surface area contributed by atoms with Crippen molar-refractivity contribution in [3.63, 3.8) is 0 Å². The van der Waals surface area contributed by atoms with Gasteiger partial charge in [0.05, 0.1) is 26.5 Å². The fraction of sp³-hybridized carbons (Fsp3) is 0.458. The molecule has 0 radical (unpaired) electrons. The first-order valence-electron chi connectivity index (χ1n) is 10.6. The molecule has 0 bridgehead atoms. The number of Topliss-reactive ketones (excluding diaryl/α,β-unsaturated/α-hetero) is 1. The van der Waals surface area contributed by atoms with E-state index >= 15 is 0 Å². The van der Waals surface area contributed by atoms with E-state index < -0.39 is 10.0 Å². The van der Waals surface area contributed by atoms with Gasteiger partial charge in [0.1, 0.15) is 23.9 Å². The molecule has 7 nitrogen and oxygen atoms in total. The average Bonchev–Trinajstić information content (AvgIpc) is 2.76. The minimum Gasteiger partial charge on any atom is -0.496 e. The second-order valence-electron chi connectivity index (χ2n) is 8.13. The van der Waals surface area contributed by atoms with Gasteiger partial charge in [-0.2, -0.15) is 0 Å². The Morgan fingerprint density at radius 2 is 1.69 bits per heavy atom. The van der Waals surface area contributed by atoms with E-state index in [1.807, 2.05) is 18.2 Å². The normalized spacial score (nSPS) is 11.8. The monoisotopic (exact) mass is 463 g/mol. The molecule has 0 aliphatic carbocycles. The van der Waals surface area contributed by atoms with Crippen LogP contribution in [0.15, 0.2) is 42.5 Å². The molecule has 32 heavy (non-hydrogen) atoms. The summed E-state index contributed by atoms with van der Waals surface area (Å²) in [5, 5.41) is 0. The van der Waals surface area contributed by atoms with Crippen LogP contribution in [0.2, 0.25) is 0 Å². The van der Waals surface area contributed by atoms with E-state index in [-0.39, 0.29) is 24.3 Å². The van der Waals surface area contributed by atoms with Crippen LogP contribution >= 0.6 is 0 Å². The Labute approximate surface area is 191 Å². The van der Waals surface area contributed by atoms with Crippen LogP contribution in [0.3, 0.4) is 0 Å². The molecule has 176 valence electrons. The molecule has 1 N–H and O–H groups in total. The quantitative estimate of drug-likeness (QED) is 0.456. The van der Waals surface area contributed by atoms with Crippen LogP contribution in [0.4, 0.5) is 0 Å². The van der Waals surface area contributed by atoms with Crippen LogP contribution in [0.5, 0.6) is 17.2 Å². The summed E-state index contributed by atoms with van der Waals surface area (Å²) in [5.74, 6) is 1.58. The zero-order valence-electron chi connectivity index (χ0n) is 19.4. The van der Waals surface area contributed by atoms with Gasteiger partial charge >= 0.3 is 0 Å². The van der Waals surface area contributed by atoms with Crippen molar-refractivity contribution >= 4 is 15.8 Å². The fourth-order valence-corrected chi connectivity index (χ4v) is 3.58. The van der Waals surface area contributed by atoms with E-state index in [2.05, 4.69) is 37.6 Å². The maximum Gasteiger partial charge on any atom is 0.209 e. The third-order valence-electron chi connectivity index (χ3n) is 5.12. The smallest absolute Gasteiger partial charge is 0.209 e. The number of nitrogens with one attached hydrogen (secondary N) is 1. The fourth-order valence-electron chi connectivity index (χ4n) is 3.16. The van der Waals surface area contributed by atoms with Gasteiger partial charge < -0.3 is 14.2 Å². The molecule has 0 saturated carbocycles. The summed E-state index contributed by atoms with van der Waals surface area (Å²) in [6.45, 7) is 6.51. The molecule has 0 aromatic heterocycles. The molecular weight excluding hydrogens is 430 g/mol. The Hall–Kier alpha value is -2.58. The number of ketones is 1. The predicted octanol–water partition coefficient (Wildman–Crippen LogP) is 3.70. The number of carbonyl (C=O) groups is 1. The van der Waals surface area contributed by atoms with Crippen molar-refractivity contribution in [1.29, 1.82) is 0 Å². The summed E-state index contributed by atoms with van der Waals surface area (Å²) < 4.78 is 41.2. The first-order valence-corrected chi connectivity index (χ1v) is 12.5. The Kier molecular flexibility index (Phi) is 9.09. The number of ether oxygens (including phenoxy) is 3. The number of methoxy groups -OCH3 is 1. The molecule has 2 rings (SSSR count). The number of carbonyl (C=O) groups excluding carboxylic acids is 1. The van der Waals surface area contributed by atoms with Crippen molar-refractivity contribution in [3.8, 4) is 17.2 Å². The Balaban J connectivity index is 2.11. The predicted molar refractivity (Wildman–Crippen MR) is 125 cm³/mol. The van der Waals surface area contributed by atoms with E-state index in [0.29, 0.717) is 18.1 Å². The zero-order valence-corrected chi connectivity index (χ0v) is 20.3. The molecule has 8 heteroatoms. The highest BCUT2D eigenvalue weighted by atomic mass is 32.2. The summed E-state index contributed by atoms with van der Waals surface area (Å²) in [7, 11) is -1.84. The van der Waals surface area contributed by atoms with Crippen LogP contribution in [-0.2, 0) is 20.2 Å². The third kappa shape index (κ3) is 7.53. The highest BCUT2D eigenvalue weighted by Crippen LogP contribution is 2.39. The summed E-state index contributed by atoms with van der Waals surface area (Å²) in [6, 6.07) is 13.5. The minimum atomic E-state index is -3.42. The van der Waals surface area contributed by atoms with Gasteiger partial charge in [0.15, 0.2) is 5.78 Å². The van der Waals surface area contributed by atoms with Crippen molar-refractivity contribution in [2.75, 3.05) is 33.1 Å². The number of hydrogen-bond acceptors (Lipinski definition) is 6. The van der Waals surface area contributed by atoms with Gasteiger partial charge in [0, 0.05) is 17.0 Å². The first kappa shape index (κ1) is 25.7. The lowest BCUT2D eigenvalue weighted by molar-refractivity contribution is -0.119. The molecule has 2 aromatic rings. The molecule has 0 spiro atoms. The van der Waals surface area contributed by atoms with Crippen molar-refractivity contribution in [1.82, 2.24) is 4.72 Å². The van der Waals surface area contributed by atoms with Gasteiger partial charge in [0.2, 0.25) is 10.0 Å². The van der Waals surface area contributed by atoms with Crippen LogP contribution < -0.4 is 18.9 Å². The number of unbranched alkanes of at least 4 members (excludes halogenated alkanes) is 1. The number of sulfonamides is 1. The number of hydrogen-bond donors (Lipinski definition) is 1. The molecular formula is C24H33NO6S. The van der Waals surface area contributed by atoms with Crippen LogP contribution in [0, 0.1) is 0 Å². The lowest BCUT2D eigenvalue weighted by Gasteiger charge is -2.28. The van der Waals surface area contributed by atoms with Gasteiger partial charge in [-0.3, -0.25) is 4.79 Å². The molecule has 0 saturated heterocycles. The van der Waals surface area contributed by atoms with E-state index in [0.717, 1.165) is 36.0 Å². The summed E-state index contributed by atoms with van der Waals surface area (Å²) in [4.78, 5) is 11.8. The highest BCUT2D eigenvalue weighted by molar-refractivity contribution is 7.88. The molecule has 0 aliphatic rings. The molecule has 0 atom stereocenters. The van der Waals surface area contributed by atoms with Crippen molar-refractivity contribution in [2.24, 2.45) is 0 Å². The summed E-state index contributed by atoms with van der Waals surface area (Å²) in [5.41, 5.74) is 1.73. The largest absolute Gasteiger partial charge is 0.496 e. The molecule has 2 aromatic carbocycles. The SMILES string of the molecule is CCCCOc1ccc(C(C)(C)c2ccc(OCC(=O)CNS(C)(=O)=O)cc2OC)cc1. The van der Waals surface area contributed by atoms with Crippen molar-refractivity contribution in [2.45, 2.75) is 39.0 Å². The first-order chi connectivity index (χ1) is 15.1. The van der Waals surface area contributed by atoms with E-state index in [4.69, 9.17) is 14.2 Å². The number of benzene rings is 2. The maximum atomic E-state index is 11.8. The molecule has 0 aliphatic heterocycles.